The number of hydrogen-bond donors (Lipinski definition) is 0. The summed E-state index contributed by atoms with van der Waals surface area (Å²) in [4.78, 5) is 33.0. The molecule has 0 saturated heterocycles. The molecule has 0 bridgehead atoms. The number of nitrogens with zero attached hydrogens (tertiary/aromatic N) is 3. The second-order valence-electron chi connectivity index (χ2n) is 7.67. The lowest BCUT2D eigenvalue weighted by Gasteiger charge is -2.18. The van der Waals surface area contributed by atoms with Crippen LogP contribution in [0.1, 0.15) is 16.7 Å². The lowest BCUT2D eigenvalue weighted by atomic mass is 10.1. The third-order valence-corrected chi connectivity index (χ3v) is 7.37. The van der Waals surface area contributed by atoms with Gasteiger partial charge in [-0.05, 0) is 55.0 Å². The number of thioether (sulfide) groups is 1. The number of carbonyl (C=O) groups excluding carboxylic acids is 1. The Balaban J connectivity index is 1.51. The number of anilines is 1. The summed E-state index contributed by atoms with van der Waals surface area (Å²) >= 11 is 2.72. The topological polar surface area (TPSA) is 55.2 Å². The van der Waals surface area contributed by atoms with E-state index in [9.17, 15) is 9.59 Å². The van der Waals surface area contributed by atoms with E-state index in [1.807, 2.05) is 60.5 Å². The molecule has 1 amide bonds. The maximum absolute atomic E-state index is 13.3. The monoisotopic (exact) mass is 447 g/mol. The molecule has 2 aromatic heterocycles. The smallest absolute Gasteiger partial charge is 0.276 e. The summed E-state index contributed by atoms with van der Waals surface area (Å²) in [7, 11) is 0. The molecular formula is C24H21N3O2S2. The van der Waals surface area contributed by atoms with Gasteiger partial charge >= 0.3 is 0 Å². The molecule has 5 nitrogen and oxygen atoms in total. The van der Waals surface area contributed by atoms with Crippen molar-refractivity contribution in [2.75, 3.05) is 17.2 Å². The number of hydrogen-bond acceptors (Lipinski definition) is 5. The molecule has 0 radical (unpaired) electrons. The Labute approximate surface area is 188 Å². The molecule has 5 rings (SSSR count). The molecule has 0 atom stereocenters. The van der Waals surface area contributed by atoms with Crippen LogP contribution in [0.4, 0.5) is 5.69 Å². The number of fused-ring (bicyclic) bond motifs is 2. The first-order chi connectivity index (χ1) is 15.0. The molecule has 3 heterocycles. The third-order valence-electron chi connectivity index (χ3n) is 5.56. The van der Waals surface area contributed by atoms with Gasteiger partial charge in [0.2, 0.25) is 5.91 Å². The standard InChI is InChI=1S/C24H21N3O2S2/c1-15-7-8-19(16(2)13-15)27-23(29)22-18(10-12-30-22)25-24(27)31-14-21(28)26-11-9-17-5-3-4-6-20(17)26/h3-8,10,12-13H,9,11,14H2,1-2H3. The zero-order valence-corrected chi connectivity index (χ0v) is 18.9. The quantitative estimate of drug-likeness (QED) is 0.335. The lowest BCUT2D eigenvalue weighted by Crippen LogP contribution is -2.31. The van der Waals surface area contributed by atoms with Gasteiger partial charge in [0.05, 0.1) is 17.0 Å². The van der Waals surface area contributed by atoms with E-state index in [0.29, 0.717) is 21.9 Å². The van der Waals surface area contributed by atoms with Crippen LogP contribution in [0.15, 0.2) is 63.9 Å². The van der Waals surface area contributed by atoms with E-state index < -0.39 is 0 Å². The summed E-state index contributed by atoms with van der Waals surface area (Å²) in [5.74, 6) is 0.253. The van der Waals surface area contributed by atoms with Crippen LogP contribution < -0.4 is 10.5 Å². The molecule has 7 heteroatoms. The number of aromatic nitrogens is 2. The summed E-state index contributed by atoms with van der Waals surface area (Å²) in [6.07, 6.45) is 0.874. The van der Waals surface area contributed by atoms with Crippen molar-refractivity contribution in [1.29, 1.82) is 0 Å². The van der Waals surface area contributed by atoms with Crippen LogP contribution >= 0.6 is 23.1 Å². The molecule has 0 fully saturated rings. The van der Waals surface area contributed by atoms with Gasteiger partial charge in [0.15, 0.2) is 5.16 Å². The Morgan fingerprint density at radius 3 is 2.81 bits per heavy atom. The molecule has 156 valence electrons. The third kappa shape index (κ3) is 3.58. The molecule has 0 aliphatic carbocycles. The molecular weight excluding hydrogens is 426 g/mol. The SMILES string of the molecule is Cc1ccc(-n2c(SCC(=O)N3CCc4ccccc43)nc3ccsc3c2=O)c(C)c1. The minimum Gasteiger partial charge on any atom is -0.311 e. The number of thiophene rings is 1. The Morgan fingerprint density at radius 2 is 1.97 bits per heavy atom. The highest BCUT2D eigenvalue weighted by Gasteiger charge is 2.25. The molecule has 0 unspecified atom stereocenters. The van der Waals surface area contributed by atoms with Gasteiger partial charge in [0.1, 0.15) is 4.70 Å². The van der Waals surface area contributed by atoms with Crippen LogP contribution in [0.5, 0.6) is 0 Å². The average molecular weight is 448 g/mol. The van der Waals surface area contributed by atoms with Crippen LogP contribution in [0.3, 0.4) is 0 Å². The molecule has 31 heavy (non-hydrogen) atoms. The van der Waals surface area contributed by atoms with E-state index in [4.69, 9.17) is 4.98 Å². The molecule has 2 aromatic carbocycles. The van der Waals surface area contributed by atoms with Crippen molar-refractivity contribution < 1.29 is 4.79 Å². The largest absolute Gasteiger partial charge is 0.311 e. The highest BCUT2D eigenvalue weighted by molar-refractivity contribution is 7.99. The van der Waals surface area contributed by atoms with Crippen LogP contribution in [-0.4, -0.2) is 27.8 Å². The van der Waals surface area contributed by atoms with Gasteiger partial charge in [-0.25, -0.2) is 4.98 Å². The van der Waals surface area contributed by atoms with E-state index in [2.05, 4.69) is 12.1 Å². The first-order valence-electron chi connectivity index (χ1n) is 10.1. The number of amides is 1. The van der Waals surface area contributed by atoms with Crippen molar-refractivity contribution in [2.45, 2.75) is 25.4 Å². The number of rotatable bonds is 4. The second-order valence-corrected chi connectivity index (χ2v) is 9.53. The predicted octanol–water partition coefficient (Wildman–Crippen LogP) is 4.75. The molecule has 1 aliphatic heterocycles. The van der Waals surface area contributed by atoms with Crippen LogP contribution in [0.2, 0.25) is 0 Å². The fourth-order valence-corrected chi connectivity index (χ4v) is 5.70. The van der Waals surface area contributed by atoms with E-state index in [0.717, 1.165) is 28.9 Å². The number of aryl methyl sites for hydroxylation is 2. The minimum atomic E-state index is -0.0894. The van der Waals surface area contributed by atoms with E-state index in [-0.39, 0.29) is 17.2 Å². The van der Waals surface area contributed by atoms with Crippen molar-refractivity contribution in [1.82, 2.24) is 9.55 Å². The highest BCUT2D eigenvalue weighted by Crippen LogP contribution is 2.30. The van der Waals surface area contributed by atoms with Gasteiger partial charge in [-0.15, -0.1) is 11.3 Å². The van der Waals surface area contributed by atoms with Gasteiger partial charge < -0.3 is 4.90 Å². The van der Waals surface area contributed by atoms with Gasteiger partial charge in [-0.2, -0.15) is 0 Å². The van der Waals surface area contributed by atoms with Crippen molar-refractivity contribution in [3.63, 3.8) is 0 Å². The molecule has 0 spiro atoms. The first kappa shape index (κ1) is 20.0. The van der Waals surface area contributed by atoms with E-state index in [1.54, 1.807) is 4.57 Å². The zero-order valence-electron chi connectivity index (χ0n) is 17.3. The fraction of sp³-hybridized carbons (Fsp3) is 0.208. The highest BCUT2D eigenvalue weighted by atomic mass is 32.2. The normalized spacial score (nSPS) is 13.0. The second kappa shape index (κ2) is 7.98. The van der Waals surface area contributed by atoms with Crippen molar-refractivity contribution >= 4 is 44.9 Å². The maximum Gasteiger partial charge on any atom is 0.276 e. The number of carbonyl (C=O) groups is 1. The van der Waals surface area contributed by atoms with Crippen molar-refractivity contribution in [3.05, 3.63) is 81.0 Å². The van der Waals surface area contributed by atoms with E-state index >= 15 is 0 Å². The van der Waals surface area contributed by atoms with Crippen LogP contribution in [0.25, 0.3) is 15.9 Å². The predicted molar refractivity (Wildman–Crippen MR) is 128 cm³/mol. The molecule has 4 aromatic rings. The van der Waals surface area contributed by atoms with Gasteiger partial charge in [-0.3, -0.25) is 14.2 Å². The molecule has 0 N–H and O–H groups in total. The maximum atomic E-state index is 13.3. The van der Waals surface area contributed by atoms with Crippen LogP contribution in [-0.2, 0) is 11.2 Å². The zero-order chi connectivity index (χ0) is 21.5. The molecule has 1 aliphatic rings. The van der Waals surface area contributed by atoms with Gasteiger partial charge in [-0.1, -0.05) is 47.7 Å². The van der Waals surface area contributed by atoms with Crippen LogP contribution in [0, 0.1) is 13.8 Å². The first-order valence-corrected chi connectivity index (χ1v) is 12.0. The Morgan fingerprint density at radius 1 is 1.13 bits per heavy atom. The Bertz CT molecular complexity index is 1370. The Hall–Kier alpha value is -2.90. The summed E-state index contributed by atoms with van der Waals surface area (Å²) in [6, 6.07) is 15.9. The minimum absolute atomic E-state index is 0.0294. The Kier molecular flexibility index (Phi) is 5.16. The average Bonchev–Trinajstić information content (AvgIpc) is 3.40. The summed E-state index contributed by atoms with van der Waals surface area (Å²) in [5.41, 5.74) is 5.72. The van der Waals surface area contributed by atoms with E-state index in [1.165, 1.54) is 28.7 Å². The number of benzene rings is 2. The lowest BCUT2D eigenvalue weighted by molar-refractivity contribution is -0.116. The van der Waals surface area contributed by atoms with Crippen molar-refractivity contribution in [3.8, 4) is 5.69 Å². The summed E-state index contributed by atoms with van der Waals surface area (Å²) in [6.45, 7) is 4.72. The number of para-hydroxylation sites is 1. The fourth-order valence-electron chi connectivity index (χ4n) is 4.06. The van der Waals surface area contributed by atoms with Gasteiger partial charge in [0.25, 0.3) is 5.56 Å². The molecule has 0 saturated carbocycles. The summed E-state index contributed by atoms with van der Waals surface area (Å²) in [5, 5.41) is 2.43. The summed E-state index contributed by atoms with van der Waals surface area (Å²) < 4.78 is 2.29. The van der Waals surface area contributed by atoms with Crippen molar-refractivity contribution in [2.24, 2.45) is 0 Å². The van der Waals surface area contributed by atoms with Gasteiger partial charge in [0, 0.05) is 12.2 Å².